The highest BCUT2D eigenvalue weighted by Crippen LogP contribution is 2.58. The van der Waals surface area contributed by atoms with E-state index in [0.29, 0.717) is 43.9 Å². The van der Waals surface area contributed by atoms with Gasteiger partial charge in [-0.2, -0.15) is 5.10 Å². The van der Waals surface area contributed by atoms with Crippen molar-refractivity contribution < 1.29 is 18.5 Å². The van der Waals surface area contributed by atoms with Crippen LogP contribution in [0.4, 0.5) is 14.5 Å². The van der Waals surface area contributed by atoms with E-state index in [9.17, 15) is 23.7 Å². The second kappa shape index (κ2) is 8.36. The van der Waals surface area contributed by atoms with Crippen molar-refractivity contribution in [2.75, 3.05) is 26.2 Å². The van der Waals surface area contributed by atoms with Crippen molar-refractivity contribution in [2.45, 2.75) is 50.6 Å². The second-order valence-corrected chi connectivity index (χ2v) is 11.0. The number of amides is 1. The standard InChI is InChI=1S/C25H29F2N5O3/c26-20-3-1-2-19(22(20)27)14-29-4-6-30(7-5-29)24(33)23-21(32(34)35)15-31(28-23)25-11-16-8-17(12-25)10-18(9-16)13-25/h1-3,15-18H,4-14H2. The molecular formula is C25H29F2N5O3. The molecule has 1 aromatic carbocycles. The van der Waals surface area contributed by atoms with Crippen molar-refractivity contribution in [2.24, 2.45) is 17.8 Å². The Kier molecular flexibility index (Phi) is 5.39. The van der Waals surface area contributed by atoms with E-state index in [1.54, 1.807) is 15.6 Å². The maximum absolute atomic E-state index is 14.0. The van der Waals surface area contributed by atoms with Crippen LogP contribution in [0.3, 0.4) is 0 Å². The quantitative estimate of drug-likeness (QED) is 0.473. The Hall–Kier alpha value is -2.88. The molecule has 0 radical (unpaired) electrons. The molecule has 4 bridgehead atoms. The zero-order chi connectivity index (χ0) is 24.3. The Morgan fingerprint density at radius 1 is 1.06 bits per heavy atom. The summed E-state index contributed by atoms with van der Waals surface area (Å²) in [6.45, 7) is 1.86. The fourth-order valence-electron chi connectivity index (χ4n) is 7.41. The van der Waals surface area contributed by atoms with Gasteiger partial charge in [0, 0.05) is 38.3 Å². The van der Waals surface area contributed by atoms with E-state index in [-0.39, 0.29) is 29.0 Å². The van der Waals surface area contributed by atoms with Crippen LogP contribution in [0.25, 0.3) is 0 Å². The molecule has 7 rings (SSSR count). The zero-order valence-electron chi connectivity index (χ0n) is 19.5. The minimum absolute atomic E-state index is 0.0876. The van der Waals surface area contributed by atoms with E-state index in [1.807, 2.05) is 4.90 Å². The molecule has 5 aliphatic rings. The summed E-state index contributed by atoms with van der Waals surface area (Å²) in [6, 6.07) is 4.12. The predicted octanol–water partition coefficient (Wildman–Crippen LogP) is 3.95. The summed E-state index contributed by atoms with van der Waals surface area (Å²) in [5.74, 6) is -0.203. The number of benzene rings is 1. The van der Waals surface area contributed by atoms with Gasteiger partial charge in [-0.15, -0.1) is 0 Å². The first-order valence-corrected chi connectivity index (χ1v) is 12.5. The van der Waals surface area contributed by atoms with Crippen LogP contribution in [0.15, 0.2) is 24.4 Å². The van der Waals surface area contributed by atoms with E-state index in [1.165, 1.54) is 31.5 Å². The number of hydrogen-bond donors (Lipinski definition) is 0. The van der Waals surface area contributed by atoms with Crippen LogP contribution in [0, 0.1) is 39.5 Å². The van der Waals surface area contributed by atoms with Crippen LogP contribution in [0.5, 0.6) is 0 Å². The monoisotopic (exact) mass is 485 g/mol. The number of halogens is 2. The summed E-state index contributed by atoms with van der Waals surface area (Å²) in [7, 11) is 0. The Labute approximate surface area is 202 Å². The summed E-state index contributed by atoms with van der Waals surface area (Å²) in [5, 5.41) is 16.5. The summed E-state index contributed by atoms with van der Waals surface area (Å²) in [4.78, 5) is 28.2. The van der Waals surface area contributed by atoms with E-state index in [0.717, 1.165) is 25.3 Å². The molecular weight excluding hydrogens is 456 g/mol. The molecule has 35 heavy (non-hydrogen) atoms. The summed E-state index contributed by atoms with van der Waals surface area (Å²) >= 11 is 0. The van der Waals surface area contributed by atoms with Gasteiger partial charge in [0.25, 0.3) is 5.91 Å². The van der Waals surface area contributed by atoms with E-state index in [4.69, 9.17) is 0 Å². The lowest BCUT2D eigenvalue weighted by Gasteiger charge is -2.56. The first-order chi connectivity index (χ1) is 16.8. The lowest BCUT2D eigenvalue weighted by molar-refractivity contribution is -0.385. The van der Waals surface area contributed by atoms with Gasteiger partial charge in [0.05, 0.1) is 10.5 Å². The van der Waals surface area contributed by atoms with Crippen LogP contribution < -0.4 is 0 Å². The first-order valence-electron chi connectivity index (χ1n) is 12.5. The van der Waals surface area contributed by atoms with Crippen molar-refractivity contribution in [1.82, 2.24) is 19.6 Å². The van der Waals surface area contributed by atoms with E-state index in [2.05, 4.69) is 5.10 Å². The molecule has 0 spiro atoms. The van der Waals surface area contributed by atoms with Gasteiger partial charge >= 0.3 is 5.69 Å². The van der Waals surface area contributed by atoms with E-state index < -0.39 is 22.5 Å². The number of rotatable bonds is 5. The molecule has 2 heterocycles. The molecule has 0 unspecified atom stereocenters. The van der Waals surface area contributed by atoms with Gasteiger partial charge in [0.15, 0.2) is 11.6 Å². The van der Waals surface area contributed by atoms with Gasteiger partial charge in [-0.1, -0.05) is 12.1 Å². The van der Waals surface area contributed by atoms with Gasteiger partial charge in [-0.25, -0.2) is 8.78 Å². The predicted molar refractivity (Wildman–Crippen MR) is 123 cm³/mol. The number of nitro groups is 1. The van der Waals surface area contributed by atoms with Gasteiger partial charge in [0.2, 0.25) is 5.69 Å². The van der Waals surface area contributed by atoms with Crippen LogP contribution in [-0.4, -0.2) is 56.6 Å². The molecule has 186 valence electrons. The van der Waals surface area contributed by atoms with Gasteiger partial charge in [-0.05, 0) is 62.3 Å². The van der Waals surface area contributed by atoms with Crippen LogP contribution in [-0.2, 0) is 12.1 Å². The SMILES string of the molecule is O=C(c1nn(C23CC4CC(CC(C4)C2)C3)cc1[N+](=O)[O-])N1CCN(Cc2cccc(F)c2F)CC1. The third-order valence-corrected chi connectivity index (χ3v) is 8.67. The lowest BCUT2D eigenvalue weighted by Crippen LogP contribution is -2.52. The highest BCUT2D eigenvalue weighted by molar-refractivity contribution is 5.96. The smallest absolute Gasteiger partial charge is 0.320 e. The van der Waals surface area contributed by atoms with Crippen LogP contribution in [0.1, 0.15) is 54.6 Å². The number of carbonyl (C=O) groups is 1. The highest BCUT2D eigenvalue weighted by atomic mass is 19.2. The molecule has 8 nitrogen and oxygen atoms in total. The number of nitrogens with zero attached hydrogens (tertiary/aromatic N) is 5. The second-order valence-electron chi connectivity index (χ2n) is 11.0. The molecule has 1 amide bonds. The number of piperazine rings is 1. The average molecular weight is 486 g/mol. The van der Waals surface area contributed by atoms with E-state index >= 15 is 0 Å². The van der Waals surface area contributed by atoms with Gasteiger partial charge in [0.1, 0.15) is 6.20 Å². The maximum Gasteiger partial charge on any atom is 0.320 e. The fraction of sp³-hybridized carbons (Fsp3) is 0.600. The lowest BCUT2D eigenvalue weighted by atomic mass is 9.53. The maximum atomic E-state index is 14.0. The van der Waals surface area contributed by atoms with Crippen molar-refractivity contribution in [3.05, 3.63) is 57.4 Å². The summed E-state index contributed by atoms with van der Waals surface area (Å²) in [5.41, 5.74) is -0.244. The number of carbonyl (C=O) groups excluding carboxylic acids is 1. The topological polar surface area (TPSA) is 84.5 Å². The van der Waals surface area contributed by atoms with Crippen LogP contribution in [0.2, 0.25) is 0 Å². The first kappa shape index (κ1) is 22.6. The van der Waals surface area contributed by atoms with Crippen molar-refractivity contribution in [3.8, 4) is 0 Å². The molecule has 1 aliphatic heterocycles. The normalized spacial score (nSPS) is 30.1. The minimum atomic E-state index is -0.877. The Balaban J connectivity index is 1.18. The largest absolute Gasteiger partial charge is 0.334 e. The molecule has 2 aromatic rings. The van der Waals surface area contributed by atoms with Gasteiger partial charge < -0.3 is 4.90 Å². The molecule has 4 saturated carbocycles. The van der Waals surface area contributed by atoms with Crippen molar-refractivity contribution >= 4 is 11.6 Å². The molecule has 1 saturated heterocycles. The number of aromatic nitrogens is 2. The molecule has 5 fully saturated rings. The van der Waals surface area contributed by atoms with Crippen molar-refractivity contribution in [1.29, 1.82) is 0 Å². The third kappa shape index (κ3) is 3.91. The summed E-state index contributed by atoms with van der Waals surface area (Å²) in [6.07, 6.45) is 8.19. The molecule has 1 aromatic heterocycles. The molecule has 10 heteroatoms. The molecule has 4 aliphatic carbocycles. The Bertz CT molecular complexity index is 1140. The van der Waals surface area contributed by atoms with Gasteiger partial charge in [-0.3, -0.25) is 24.5 Å². The molecule has 0 atom stereocenters. The average Bonchev–Trinajstić information content (AvgIpc) is 3.28. The Morgan fingerprint density at radius 2 is 1.69 bits per heavy atom. The Morgan fingerprint density at radius 3 is 2.29 bits per heavy atom. The third-order valence-electron chi connectivity index (χ3n) is 8.67. The number of hydrogen-bond acceptors (Lipinski definition) is 5. The molecule has 0 N–H and O–H groups in total. The fourth-order valence-corrected chi connectivity index (χ4v) is 7.41. The minimum Gasteiger partial charge on any atom is -0.334 e. The summed E-state index contributed by atoms with van der Waals surface area (Å²) < 4.78 is 29.3. The zero-order valence-corrected chi connectivity index (χ0v) is 19.5. The van der Waals surface area contributed by atoms with Crippen molar-refractivity contribution in [3.63, 3.8) is 0 Å². The highest BCUT2D eigenvalue weighted by Gasteiger charge is 2.53. The van der Waals surface area contributed by atoms with Crippen LogP contribution >= 0.6 is 0 Å².